The highest BCUT2D eigenvalue weighted by atomic mass is 35.5. The molecule has 0 radical (unpaired) electrons. The first-order chi connectivity index (χ1) is 19.8. The van der Waals surface area contributed by atoms with E-state index in [2.05, 4.69) is 21.6 Å². The molecule has 9 heteroatoms. The number of rotatable bonds is 9. The van der Waals surface area contributed by atoms with Crippen molar-refractivity contribution in [1.82, 2.24) is 14.5 Å². The van der Waals surface area contributed by atoms with E-state index in [9.17, 15) is 14.3 Å². The van der Waals surface area contributed by atoms with Crippen molar-refractivity contribution >= 4 is 34.2 Å². The van der Waals surface area contributed by atoms with Crippen LogP contribution in [0.2, 0.25) is 5.02 Å². The van der Waals surface area contributed by atoms with Gasteiger partial charge in [0.15, 0.2) is 0 Å². The van der Waals surface area contributed by atoms with Crippen LogP contribution < -0.4 is 4.74 Å². The zero-order chi connectivity index (χ0) is 28.5. The molecule has 7 nitrogen and oxygen atoms in total. The number of imidazole rings is 1. The van der Waals surface area contributed by atoms with Crippen LogP contribution in [0.15, 0.2) is 60.7 Å². The third kappa shape index (κ3) is 6.00. The smallest absolute Gasteiger partial charge is 0.335 e. The molecule has 41 heavy (non-hydrogen) atoms. The maximum Gasteiger partial charge on any atom is 0.335 e. The summed E-state index contributed by atoms with van der Waals surface area (Å²) >= 11 is 5.87. The van der Waals surface area contributed by atoms with Crippen molar-refractivity contribution in [2.45, 2.75) is 45.6 Å². The molecule has 1 N–H and O–H groups in total. The van der Waals surface area contributed by atoms with Crippen LogP contribution in [0.5, 0.6) is 5.75 Å². The number of halogens is 2. The van der Waals surface area contributed by atoms with Gasteiger partial charge < -0.3 is 19.1 Å². The summed E-state index contributed by atoms with van der Waals surface area (Å²) in [5.41, 5.74) is 5.66. The maximum absolute atomic E-state index is 14.2. The Morgan fingerprint density at radius 2 is 2.05 bits per heavy atom. The van der Waals surface area contributed by atoms with Gasteiger partial charge in [0.1, 0.15) is 24.0 Å². The summed E-state index contributed by atoms with van der Waals surface area (Å²) < 4.78 is 28.0. The van der Waals surface area contributed by atoms with E-state index in [-0.39, 0.29) is 24.1 Å². The van der Waals surface area contributed by atoms with Crippen LogP contribution in [-0.2, 0) is 24.4 Å². The van der Waals surface area contributed by atoms with Gasteiger partial charge in [-0.2, -0.15) is 0 Å². The number of fused-ring (bicyclic) bond motifs is 1. The van der Waals surface area contributed by atoms with Gasteiger partial charge in [-0.25, -0.2) is 14.2 Å². The molecule has 3 heterocycles. The molecule has 212 valence electrons. The minimum absolute atomic E-state index is 0.126. The summed E-state index contributed by atoms with van der Waals surface area (Å²) in [5, 5.41) is 9.86. The summed E-state index contributed by atoms with van der Waals surface area (Å²) in [4.78, 5) is 18.8. The van der Waals surface area contributed by atoms with Crippen molar-refractivity contribution in [3.05, 3.63) is 99.6 Å². The first kappa shape index (κ1) is 27.4. The molecule has 0 spiro atoms. The third-order valence-electron chi connectivity index (χ3n) is 7.87. The largest absolute Gasteiger partial charge is 0.489 e. The minimum atomic E-state index is -0.948. The Morgan fingerprint density at radius 1 is 1.20 bits per heavy atom. The summed E-state index contributed by atoms with van der Waals surface area (Å²) in [5.74, 6) is 0.317. The molecule has 4 aromatic rings. The fourth-order valence-electron chi connectivity index (χ4n) is 5.33. The van der Waals surface area contributed by atoms with Crippen LogP contribution in [0.25, 0.3) is 16.6 Å². The minimum Gasteiger partial charge on any atom is -0.489 e. The van der Waals surface area contributed by atoms with Gasteiger partial charge in [-0.15, -0.1) is 0 Å². The van der Waals surface area contributed by atoms with Crippen LogP contribution >= 0.6 is 11.6 Å². The number of aromatic nitrogens is 2. The van der Waals surface area contributed by atoms with Gasteiger partial charge in [0, 0.05) is 30.3 Å². The number of benzene rings is 3. The number of nitrogens with zero attached hydrogens (tertiary/aromatic N) is 3. The molecule has 0 aliphatic carbocycles. The lowest BCUT2D eigenvalue weighted by molar-refractivity contribution is -0.0591. The second-order valence-corrected chi connectivity index (χ2v) is 11.1. The first-order valence-electron chi connectivity index (χ1n) is 13.8. The number of carboxylic acid groups (broad SMARTS) is 1. The Labute approximate surface area is 242 Å². The van der Waals surface area contributed by atoms with Crippen molar-refractivity contribution in [3.8, 4) is 5.75 Å². The molecule has 6 rings (SSSR count). The second kappa shape index (κ2) is 11.6. The molecule has 1 atom stereocenters. The molecule has 2 aliphatic rings. The van der Waals surface area contributed by atoms with Crippen LogP contribution in [-0.4, -0.2) is 51.3 Å². The van der Waals surface area contributed by atoms with Crippen LogP contribution in [0.1, 0.15) is 45.7 Å². The lowest BCUT2D eigenvalue weighted by Gasteiger charge is -2.29. The van der Waals surface area contributed by atoms with Crippen molar-refractivity contribution in [1.29, 1.82) is 0 Å². The molecule has 1 unspecified atom stereocenters. The average Bonchev–Trinajstić information content (AvgIpc) is 3.27. The first-order valence-corrected chi connectivity index (χ1v) is 14.1. The van der Waals surface area contributed by atoms with Crippen molar-refractivity contribution in [3.63, 3.8) is 0 Å². The van der Waals surface area contributed by atoms with Crippen LogP contribution in [0, 0.1) is 12.7 Å². The van der Waals surface area contributed by atoms with E-state index in [0.29, 0.717) is 23.7 Å². The SMILES string of the molecule is Cc1ccc(C2=CCN(Cc3nc4ccc(C(=O)O)cc4n3CC3CCO3)CC2)cc1OCc1ccc(Cl)cc1F. The zero-order valence-corrected chi connectivity index (χ0v) is 23.5. The highest BCUT2D eigenvalue weighted by molar-refractivity contribution is 6.30. The van der Waals surface area contributed by atoms with Gasteiger partial charge in [-0.05, 0) is 72.9 Å². The lowest BCUT2D eigenvalue weighted by atomic mass is 9.98. The molecular formula is C32H31ClFN3O4. The number of hydrogen-bond acceptors (Lipinski definition) is 5. The highest BCUT2D eigenvalue weighted by Gasteiger charge is 2.24. The lowest BCUT2D eigenvalue weighted by Crippen LogP contribution is -2.33. The van der Waals surface area contributed by atoms with E-state index in [1.807, 2.05) is 19.1 Å². The fourth-order valence-corrected chi connectivity index (χ4v) is 5.49. The van der Waals surface area contributed by atoms with Gasteiger partial charge in [0.2, 0.25) is 0 Å². The van der Waals surface area contributed by atoms with E-state index in [1.165, 1.54) is 11.6 Å². The average molecular weight is 576 g/mol. The molecule has 1 fully saturated rings. The monoisotopic (exact) mass is 575 g/mol. The molecular weight excluding hydrogens is 545 g/mol. The molecule has 0 saturated carbocycles. The molecule has 1 aromatic heterocycles. The predicted molar refractivity (Wildman–Crippen MR) is 156 cm³/mol. The number of carbonyl (C=O) groups is 1. The molecule has 0 bridgehead atoms. The number of hydrogen-bond donors (Lipinski definition) is 1. The second-order valence-electron chi connectivity index (χ2n) is 10.6. The summed E-state index contributed by atoms with van der Waals surface area (Å²) in [7, 11) is 0. The van der Waals surface area contributed by atoms with Gasteiger partial charge in [0.05, 0.1) is 35.8 Å². The fraction of sp³-hybridized carbons (Fsp3) is 0.312. The number of carboxylic acids is 1. The van der Waals surface area contributed by atoms with E-state index in [0.717, 1.165) is 66.3 Å². The Morgan fingerprint density at radius 3 is 2.76 bits per heavy atom. The molecule has 2 aliphatic heterocycles. The van der Waals surface area contributed by atoms with Gasteiger partial charge in [0.25, 0.3) is 0 Å². The van der Waals surface area contributed by atoms with Crippen LogP contribution in [0.3, 0.4) is 0 Å². The Bertz CT molecular complexity index is 1650. The Balaban J connectivity index is 1.17. The van der Waals surface area contributed by atoms with Crippen molar-refractivity contribution < 1.29 is 23.8 Å². The normalized spacial score (nSPS) is 17.3. The third-order valence-corrected chi connectivity index (χ3v) is 8.10. The highest BCUT2D eigenvalue weighted by Crippen LogP contribution is 2.30. The van der Waals surface area contributed by atoms with E-state index < -0.39 is 5.97 Å². The Hall–Kier alpha value is -3.72. The van der Waals surface area contributed by atoms with E-state index in [4.69, 9.17) is 26.1 Å². The summed E-state index contributed by atoms with van der Waals surface area (Å²) in [6.07, 6.45) is 4.22. The van der Waals surface area contributed by atoms with E-state index >= 15 is 0 Å². The predicted octanol–water partition coefficient (Wildman–Crippen LogP) is 6.49. The molecule has 1 saturated heterocycles. The van der Waals surface area contributed by atoms with Crippen molar-refractivity contribution in [2.24, 2.45) is 0 Å². The molecule has 3 aromatic carbocycles. The topological polar surface area (TPSA) is 76.8 Å². The molecule has 0 amide bonds. The Kier molecular flexibility index (Phi) is 7.79. The number of aromatic carboxylic acids is 1. The van der Waals surface area contributed by atoms with Gasteiger partial charge in [-0.1, -0.05) is 35.9 Å². The number of aryl methyl sites for hydroxylation is 1. The van der Waals surface area contributed by atoms with Gasteiger partial charge in [-0.3, -0.25) is 4.90 Å². The van der Waals surface area contributed by atoms with Crippen LogP contribution in [0.4, 0.5) is 4.39 Å². The van der Waals surface area contributed by atoms with E-state index in [1.54, 1.807) is 30.3 Å². The summed E-state index contributed by atoms with van der Waals surface area (Å²) in [6, 6.07) is 15.9. The summed E-state index contributed by atoms with van der Waals surface area (Å²) in [6.45, 7) is 5.80. The quantitative estimate of drug-likeness (QED) is 0.246. The van der Waals surface area contributed by atoms with Crippen molar-refractivity contribution in [2.75, 3.05) is 19.7 Å². The van der Waals surface area contributed by atoms with Gasteiger partial charge >= 0.3 is 5.97 Å². The maximum atomic E-state index is 14.2. The number of ether oxygens (including phenoxy) is 2. The zero-order valence-electron chi connectivity index (χ0n) is 22.8. The standard InChI is InChI=1S/C32H31ClFN3O4/c1-20-2-3-22(15-30(20)41-19-24-4-6-25(33)16-27(24)34)21-8-11-36(12-9-21)18-31-35-28-7-5-23(32(38)39)14-29(28)37(31)17-26-10-13-40-26/h2-8,14-16,26H,9-13,17-19H2,1H3,(H,38,39).